The summed E-state index contributed by atoms with van der Waals surface area (Å²) in [4.78, 5) is 13.4. The molecular weight excluding hydrogens is 480 g/mol. The van der Waals surface area contributed by atoms with E-state index in [0.717, 1.165) is 21.0 Å². The van der Waals surface area contributed by atoms with Gasteiger partial charge in [-0.1, -0.05) is 90.0 Å². The Hall–Kier alpha value is -3.61. The maximum atomic E-state index is 13.5. The van der Waals surface area contributed by atoms with Gasteiger partial charge in [0.1, 0.15) is 6.54 Å². The van der Waals surface area contributed by atoms with Gasteiger partial charge in [-0.2, -0.15) is 0 Å². The summed E-state index contributed by atoms with van der Waals surface area (Å²) in [5, 5.41) is 3.46. The topological polar surface area (TPSA) is 66.5 Å². The molecule has 0 aliphatic carbocycles. The number of benzene rings is 4. The second-order valence-corrected chi connectivity index (χ2v) is 10.4. The molecule has 0 unspecified atom stereocenters. The molecule has 4 aromatic carbocycles. The molecule has 0 spiro atoms. The minimum absolute atomic E-state index is 0.0525. The minimum Gasteiger partial charge on any atom is -0.344 e. The number of carbonyl (C=O) groups excluding carboxylic acids is 1. The average molecular weight is 505 g/mol. The number of para-hydroxylation sites is 1. The second kappa shape index (κ2) is 10.8. The van der Waals surface area contributed by atoms with E-state index in [4.69, 9.17) is 11.6 Å². The van der Waals surface area contributed by atoms with E-state index in [9.17, 15) is 13.2 Å². The number of sulfonamides is 1. The van der Waals surface area contributed by atoms with E-state index >= 15 is 0 Å². The van der Waals surface area contributed by atoms with E-state index in [1.807, 2.05) is 61.5 Å². The largest absolute Gasteiger partial charge is 0.344 e. The fourth-order valence-electron chi connectivity index (χ4n) is 3.74. The van der Waals surface area contributed by atoms with Gasteiger partial charge in [0.2, 0.25) is 5.91 Å². The Morgan fingerprint density at radius 3 is 1.94 bits per heavy atom. The molecule has 1 atom stereocenters. The standard InChI is InChI=1S/C28H25ClN2O3S/c1-21-12-14-23(15-13-21)28(22-8-4-2-5-9-22)30-27(32)20-31(25-10-6-3-7-11-25)35(33,34)26-18-16-24(29)17-19-26/h2-19,28H,20H2,1H3,(H,30,32)/t28-/m1/s1. The quantitative estimate of drug-likeness (QED) is 0.332. The molecule has 0 aliphatic rings. The molecule has 0 radical (unpaired) electrons. The highest BCUT2D eigenvalue weighted by Crippen LogP contribution is 2.26. The number of aryl methyl sites for hydroxylation is 1. The highest BCUT2D eigenvalue weighted by Gasteiger charge is 2.28. The van der Waals surface area contributed by atoms with E-state index in [1.54, 1.807) is 30.3 Å². The number of hydrogen-bond donors (Lipinski definition) is 1. The third-order valence-electron chi connectivity index (χ3n) is 5.58. The molecule has 0 saturated heterocycles. The van der Waals surface area contributed by atoms with Crippen LogP contribution in [-0.4, -0.2) is 20.9 Å². The second-order valence-electron chi connectivity index (χ2n) is 8.12. The van der Waals surface area contributed by atoms with Gasteiger partial charge in [-0.25, -0.2) is 8.42 Å². The number of rotatable bonds is 8. The Labute approximate surface area is 211 Å². The zero-order valence-electron chi connectivity index (χ0n) is 19.1. The van der Waals surface area contributed by atoms with Crippen LogP contribution in [0.15, 0.2) is 114 Å². The summed E-state index contributed by atoms with van der Waals surface area (Å²) >= 11 is 5.95. The van der Waals surface area contributed by atoms with Crippen molar-refractivity contribution in [2.45, 2.75) is 17.9 Å². The van der Waals surface area contributed by atoms with Gasteiger partial charge in [-0.3, -0.25) is 9.10 Å². The average Bonchev–Trinajstić information content (AvgIpc) is 2.88. The first kappa shape index (κ1) is 24.5. The van der Waals surface area contributed by atoms with Crippen LogP contribution < -0.4 is 9.62 Å². The summed E-state index contributed by atoms with van der Waals surface area (Å²) < 4.78 is 28.2. The molecule has 178 valence electrons. The van der Waals surface area contributed by atoms with Crippen LogP contribution in [0, 0.1) is 6.92 Å². The molecule has 0 heterocycles. The van der Waals surface area contributed by atoms with E-state index in [0.29, 0.717) is 10.7 Å². The summed E-state index contributed by atoms with van der Waals surface area (Å²) in [6.07, 6.45) is 0. The van der Waals surface area contributed by atoms with Crippen molar-refractivity contribution in [3.63, 3.8) is 0 Å². The molecule has 1 N–H and O–H groups in total. The van der Waals surface area contributed by atoms with E-state index in [2.05, 4.69) is 5.32 Å². The lowest BCUT2D eigenvalue weighted by atomic mass is 9.98. The van der Waals surface area contributed by atoms with Gasteiger partial charge >= 0.3 is 0 Å². The van der Waals surface area contributed by atoms with Gasteiger partial charge in [-0.05, 0) is 54.4 Å². The molecule has 0 aliphatic heterocycles. The normalized spacial score (nSPS) is 12.1. The monoisotopic (exact) mass is 504 g/mol. The highest BCUT2D eigenvalue weighted by atomic mass is 35.5. The molecule has 0 aromatic heterocycles. The minimum atomic E-state index is -4.02. The molecular formula is C28H25ClN2O3S. The van der Waals surface area contributed by atoms with Crippen LogP contribution in [0.5, 0.6) is 0 Å². The molecule has 35 heavy (non-hydrogen) atoms. The van der Waals surface area contributed by atoms with Crippen molar-refractivity contribution in [2.24, 2.45) is 0 Å². The highest BCUT2D eigenvalue weighted by molar-refractivity contribution is 7.92. The molecule has 7 heteroatoms. The van der Waals surface area contributed by atoms with E-state index < -0.39 is 22.0 Å². The smallest absolute Gasteiger partial charge is 0.264 e. The SMILES string of the molecule is Cc1ccc([C@H](NC(=O)CN(c2ccccc2)S(=O)(=O)c2ccc(Cl)cc2)c2ccccc2)cc1. The lowest BCUT2D eigenvalue weighted by Gasteiger charge is -2.26. The van der Waals surface area contributed by atoms with Gasteiger partial charge in [0, 0.05) is 5.02 Å². The number of carbonyl (C=O) groups is 1. The predicted molar refractivity (Wildman–Crippen MR) is 140 cm³/mol. The van der Waals surface area contributed by atoms with Gasteiger partial charge in [0.05, 0.1) is 16.6 Å². The van der Waals surface area contributed by atoms with E-state index in [1.165, 1.54) is 24.3 Å². The zero-order chi connectivity index (χ0) is 24.8. The molecule has 4 rings (SSSR count). The lowest BCUT2D eigenvalue weighted by molar-refractivity contribution is -0.120. The molecule has 1 amide bonds. The van der Waals surface area contributed by atoms with Crippen LogP contribution in [0.4, 0.5) is 5.69 Å². The van der Waals surface area contributed by atoms with Crippen molar-refractivity contribution in [3.05, 3.63) is 131 Å². The lowest BCUT2D eigenvalue weighted by Crippen LogP contribution is -2.42. The molecule has 4 aromatic rings. The first-order chi connectivity index (χ1) is 16.8. The molecule has 5 nitrogen and oxygen atoms in total. The van der Waals surface area contributed by atoms with Crippen molar-refractivity contribution in [2.75, 3.05) is 10.8 Å². The van der Waals surface area contributed by atoms with Crippen LogP contribution in [0.1, 0.15) is 22.7 Å². The fraction of sp³-hybridized carbons (Fsp3) is 0.107. The van der Waals surface area contributed by atoms with Gasteiger partial charge < -0.3 is 5.32 Å². The van der Waals surface area contributed by atoms with Crippen molar-refractivity contribution >= 4 is 33.2 Å². The molecule has 0 saturated carbocycles. The van der Waals surface area contributed by atoms with Crippen molar-refractivity contribution in [1.82, 2.24) is 5.32 Å². The maximum Gasteiger partial charge on any atom is 0.264 e. The number of anilines is 1. The van der Waals surface area contributed by atoms with Crippen LogP contribution >= 0.6 is 11.6 Å². The molecule has 0 bridgehead atoms. The van der Waals surface area contributed by atoms with Gasteiger partial charge in [0.15, 0.2) is 0 Å². The summed E-state index contributed by atoms with van der Waals surface area (Å²) in [6.45, 7) is 1.61. The Morgan fingerprint density at radius 1 is 0.800 bits per heavy atom. The number of hydrogen-bond acceptors (Lipinski definition) is 3. The third kappa shape index (κ3) is 5.91. The third-order valence-corrected chi connectivity index (χ3v) is 7.62. The number of nitrogens with zero attached hydrogens (tertiary/aromatic N) is 1. The van der Waals surface area contributed by atoms with Crippen molar-refractivity contribution < 1.29 is 13.2 Å². The predicted octanol–water partition coefficient (Wildman–Crippen LogP) is 5.75. The van der Waals surface area contributed by atoms with Crippen LogP contribution in [0.3, 0.4) is 0 Å². The van der Waals surface area contributed by atoms with E-state index in [-0.39, 0.29) is 11.4 Å². The van der Waals surface area contributed by atoms with Crippen LogP contribution in [-0.2, 0) is 14.8 Å². The van der Waals surface area contributed by atoms with Crippen LogP contribution in [0.25, 0.3) is 0 Å². The molecule has 0 fully saturated rings. The Kier molecular flexibility index (Phi) is 7.54. The number of amides is 1. The van der Waals surface area contributed by atoms with Gasteiger partial charge in [0.25, 0.3) is 10.0 Å². The zero-order valence-corrected chi connectivity index (χ0v) is 20.7. The summed E-state index contributed by atoms with van der Waals surface area (Å²) in [5.41, 5.74) is 3.30. The summed E-state index contributed by atoms with van der Waals surface area (Å²) in [5.74, 6) is -0.430. The Bertz CT molecular complexity index is 1380. The Morgan fingerprint density at radius 2 is 1.34 bits per heavy atom. The first-order valence-electron chi connectivity index (χ1n) is 11.1. The fourth-order valence-corrected chi connectivity index (χ4v) is 5.29. The first-order valence-corrected chi connectivity index (χ1v) is 12.9. The van der Waals surface area contributed by atoms with Crippen LogP contribution in [0.2, 0.25) is 5.02 Å². The maximum absolute atomic E-state index is 13.5. The van der Waals surface area contributed by atoms with Crippen molar-refractivity contribution in [1.29, 1.82) is 0 Å². The van der Waals surface area contributed by atoms with Crippen molar-refractivity contribution in [3.8, 4) is 0 Å². The Balaban J connectivity index is 1.66. The van der Waals surface area contributed by atoms with Gasteiger partial charge in [-0.15, -0.1) is 0 Å². The number of nitrogens with one attached hydrogen (secondary N) is 1. The summed E-state index contributed by atoms with van der Waals surface area (Å²) in [6, 6.07) is 31.5. The number of halogens is 1. The summed E-state index contributed by atoms with van der Waals surface area (Å²) in [7, 11) is -4.02.